The van der Waals surface area contributed by atoms with Gasteiger partial charge in [-0.2, -0.15) is 52.7 Å². The van der Waals surface area contributed by atoms with Gasteiger partial charge in [-0.05, 0) is 23.5 Å². The van der Waals surface area contributed by atoms with Crippen molar-refractivity contribution in [3.05, 3.63) is 96.6 Å². The number of rotatable bonds is 4. The minimum Gasteiger partial charge on any atom is -0.266 e. The van der Waals surface area contributed by atoms with Crippen molar-refractivity contribution < 1.29 is 21.1 Å². The smallest absolute Gasteiger partial charge is 0.266 e. The molecule has 0 bridgehead atoms. The summed E-state index contributed by atoms with van der Waals surface area (Å²) in [6.45, 7) is 4.32. The van der Waals surface area contributed by atoms with E-state index in [0.29, 0.717) is 0 Å². The predicted octanol–water partition coefficient (Wildman–Crippen LogP) is 3.98. The molecule has 0 aliphatic carbocycles. The zero-order valence-electron chi connectivity index (χ0n) is 14.5. The van der Waals surface area contributed by atoms with Crippen LogP contribution in [0.5, 0.6) is 0 Å². The first-order valence-electron chi connectivity index (χ1n) is 8.21. The molecule has 0 spiro atoms. The number of nitrogens with zero attached hydrogens (tertiary/aromatic N) is 4. The van der Waals surface area contributed by atoms with Crippen molar-refractivity contribution >= 4 is 0 Å². The van der Waals surface area contributed by atoms with Crippen molar-refractivity contribution in [3.8, 4) is 11.4 Å². The van der Waals surface area contributed by atoms with Gasteiger partial charge in [0, 0.05) is 24.0 Å². The van der Waals surface area contributed by atoms with Gasteiger partial charge in [0.2, 0.25) is 0 Å². The molecule has 0 aliphatic heterocycles. The van der Waals surface area contributed by atoms with E-state index >= 15 is 0 Å². The third kappa shape index (κ3) is 3.42. The Morgan fingerprint density at radius 3 is 2.46 bits per heavy atom. The molecule has 26 heavy (non-hydrogen) atoms. The predicted molar refractivity (Wildman–Crippen MR) is 96.9 cm³/mol. The number of aromatic nitrogens is 4. The van der Waals surface area contributed by atoms with Crippen LogP contribution in [0.1, 0.15) is 25.1 Å². The van der Waals surface area contributed by atoms with Crippen LogP contribution in [-0.4, -0.2) is 19.6 Å². The van der Waals surface area contributed by atoms with Gasteiger partial charge < -0.3 is 0 Å². The maximum atomic E-state index is 4.76. The Labute approximate surface area is 167 Å². The molecule has 4 aromatic rings. The number of hydrogen-bond acceptors (Lipinski definition) is 2. The van der Waals surface area contributed by atoms with Crippen LogP contribution in [-0.2, 0) is 26.5 Å². The Morgan fingerprint density at radius 2 is 1.73 bits per heavy atom. The molecule has 4 rings (SSSR count). The summed E-state index contributed by atoms with van der Waals surface area (Å²) in [7, 11) is 0. The second-order valence-electron chi connectivity index (χ2n) is 6.42. The molecule has 0 N–H and O–H groups in total. The van der Waals surface area contributed by atoms with E-state index < -0.39 is 0 Å². The summed E-state index contributed by atoms with van der Waals surface area (Å²) < 4.78 is 3.67. The third-order valence-electron chi connectivity index (χ3n) is 4.37. The molecule has 2 heterocycles. The fraction of sp³-hybridized carbons (Fsp3) is 0.143. The average Bonchev–Trinajstić information content (AvgIpc) is 3.35. The topological polar surface area (TPSA) is 35.6 Å². The number of hydrogen-bond donors (Lipinski definition) is 0. The second-order valence-corrected chi connectivity index (χ2v) is 6.42. The monoisotopic (exact) mass is 521 g/mol. The first-order valence-corrected chi connectivity index (χ1v) is 8.21. The quantitative estimate of drug-likeness (QED) is 0.381. The molecular weight excluding hydrogens is 503 g/mol. The Hall–Kier alpha value is -2.45. The Balaban J connectivity index is 0.00000196. The van der Waals surface area contributed by atoms with Crippen molar-refractivity contribution in [3.63, 3.8) is 0 Å². The SMILES string of the molecule is CC(C)(c1[c-]c(-n2cccn2)ccc1)c1ccn(-c2[c-]cccc2)n1.[Pt+2]. The standard InChI is InChI=1S/C21H18N4.Pt/c1-21(2,17-8-6-11-19(16-17)24-14-7-13-22-24)20-12-15-25(23-20)18-9-4-3-5-10-18;/h3-9,11-15H,1-2H3;/q-2;+2. The molecule has 0 saturated heterocycles. The summed E-state index contributed by atoms with van der Waals surface area (Å²) in [5.74, 6) is 0. The van der Waals surface area contributed by atoms with Gasteiger partial charge in [-0.1, -0.05) is 13.8 Å². The van der Waals surface area contributed by atoms with Crippen molar-refractivity contribution in [1.82, 2.24) is 19.6 Å². The van der Waals surface area contributed by atoms with Crippen LogP contribution in [0.25, 0.3) is 11.4 Å². The summed E-state index contributed by atoms with van der Waals surface area (Å²) in [6.07, 6.45) is 5.66. The van der Waals surface area contributed by atoms with Crippen LogP contribution in [0.3, 0.4) is 0 Å². The third-order valence-corrected chi connectivity index (χ3v) is 4.37. The molecule has 5 heteroatoms. The van der Waals surface area contributed by atoms with Crippen molar-refractivity contribution in [2.75, 3.05) is 0 Å². The van der Waals surface area contributed by atoms with Crippen LogP contribution in [0.2, 0.25) is 0 Å². The molecule has 0 amide bonds. The first kappa shape index (κ1) is 18.3. The summed E-state index contributed by atoms with van der Waals surface area (Å²) in [6, 6.07) is 24.6. The van der Waals surface area contributed by atoms with Gasteiger partial charge in [0.15, 0.2) is 0 Å². The van der Waals surface area contributed by atoms with E-state index in [4.69, 9.17) is 5.10 Å². The fourth-order valence-electron chi connectivity index (χ4n) is 2.82. The fourth-order valence-corrected chi connectivity index (χ4v) is 2.82. The van der Waals surface area contributed by atoms with Crippen LogP contribution in [0.15, 0.2) is 73.2 Å². The zero-order chi connectivity index (χ0) is 17.3. The molecule has 4 nitrogen and oxygen atoms in total. The van der Waals surface area contributed by atoms with E-state index in [2.05, 4.69) is 43.2 Å². The molecule has 132 valence electrons. The van der Waals surface area contributed by atoms with Gasteiger partial charge in [-0.25, -0.2) is 0 Å². The molecular formula is C21H18N4Pt. The zero-order valence-corrected chi connectivity index (χ0v) is 16.8. The number of para-hydroxylation sites is 1. The Bertz CT molecular complexity index is 972. The van der Waals surface area contributed by atoms with Crippen LogP contribution in [0.4, 0.5) is 0 Å². The van der Waals surface area contributed by atoms with E-state index in [1.54, 1.807) is 6.20 Å². The Morgan fingerprint density at radius 1 is 0.885 bits per heavy atom. The average molecular weight is 521 g/mol. The molecule has 2 aromatic carbocycles. The second kappa shape index (κ2) is 7.43. The summed E-state index contributed by atoms with van der Waals surface area (Å²) in [5, 5.41) is 9.05. The maximum absolute atomic E-state index is 4.76. The van der Waals surface area contributed by atoms with E-state index in [1.165, 1.54) is 0 Å². The van der Waals surface area contributed by atoms with Crippen LogP contribution in [0, 0.1) is 12.1 Å². The molecule has 0 saturated carbocycles. The minimum absolute atomic E-state index is 0. The maximum Gasteiger partial charge on any atom is 2.00 e. The van der Waals surface area contributed by atoms with E-state index in [9.17, 15) is 0 Å². The Kier molecular flexibility index (Phi) is 5.24. The molecule has 0 unspecified atom stereocenters. The van der Waals surface area contributed by atoms with Gasteiger partial charge in [0.1, 0.15) is 0 Å². The van der Waals surface area contributed by atoms with Crippen LogP contribution >= 0.6 is 0 Å². The normalized spacial score (nSPS) is 11.2. The largest absolute Gasteiger partial charge is 2.00 e. The molecule has 0 fully saturated rings. The van der Waals surface area contributed by atoms with Gasteiger partial charge in [-0.3, -0.25) is 9.36 Å². The van der Waals surface area contributed by atoms with Gasteiger partial charge in [-0.15, -0.1) is 17.7 Å². The molecule has 0 atom stereocenters. The minimum atomic E-state index is -0.275. The summed E-state index contributed by atoms with van der Waals surface area (Å²) in [5.41, 5.74) is 3.63. The molecule has 2 aromatic heterocycles. The van der Waals surface area contributed by atoms with Crippen molar-refractivity contribution in [1.29, 1.82) is 0 Å². The van der Waals surface area contributed by atoms with Crippen molar-refractivity contribution in [2.45, 2.75) is 19.3 Å². The van der Waals surface area contributed by atoms with Gasteiger partial charge in [0.25, 0.3) is 0 Å². The van der Waals surface area contributed by atoms with Crippen molar-refractivity contribution in [2.24, 2.45) is 0 Å². The van der Waals surface area contributed by atoms with Gasteiger partial charge in [0.05, 0.1) is 5.69 Å². The molecule has 0 aliphatic rings. The van der Waals surface area contributed by atoms with E-state index in [-0.39, 0.29) is 26.5 Å². The van der Waals surface area contributed by atoms with Gasteiger partial charge >= 0.3 is 21.1 Å². The van der Waals surface area contributed by atoms with E-state index in [1.807, 2.05) is 64.2 Å². The van der Waals surface area contributed by atoms with E-state index in [0.717, 1.165) is 22.6 Å². The number of benzene rings is 2. The first-order chi connectivity index (χ1) is 12.1. The summed E-state index contributed by atoms with van der Waals surface area (Å²) in [4.78, 5) is 0. The molecule has 0 radical (unpaired) electrons. The summed E-state index contributed by atoms with van der Waals surface area (Å²) >= 11 is 0. The van der Waals surface area contributed by atoms with Crippen LogP contribution < -0.4 is 0 Å².